The number of rotatable bonds is 8. The number of nitrogens with zero attached hydrogens (tertiary/aromatic N) is 1. The quantitative estimate of drug-likeness (QED) is 0.661. The van der Waals surface area contributed by atoms with E-state index in [0.717, 1.165) is 25.8 Å². The minimum Gasteiger partial charge on any atom is -0.370 e. The zero-order valence-electron chi connectivity index (χ0n) is 9.79. The Labute approximate surface area is 91.8 Å². The average Bonchev–Trinajstić information content (AvgIpc) is 2.20. The highest BCUT2D eigenvalue weighted by Gasteiger charge is 2.12. The number of unbranched alkanes of at least 4 members (excludes halogenated alkanes) is 1. The van der Waals surface area contributed by atoms with E-state index in [-0.39, 0.29) is 18.2 Å². The van der Waals surface area contributed by atoms with Crippen LogP contribution in [0.3, 0.4) is 0 Å². The molecule has 0 aliphatic heterocycles. The van der Waals surface area contributed by atoms with Crippen molar-refractivity contribution in [2.24, 2.45) is 5.73 Å². The van der Waals surface area contributed by atoms with Gasteiger partial charge in [0.1, 0.15) is 0 Å². The minimum absolute atomic E-state index is 0.139. The molecule has 0 unspecified atom stereocenters. The second-order valence-electron chi connectivity index (χ2n) is 3.70. The van der Waals surface area contributed by atoms with Crippen LogP contribution in [0.1, 0.15) is 46.0 Å². The number of amides is 2. The first kappa shape index (κ1) is 13.9. The summed E-state index contributed by atoms with van der Waals surface area (Å²) >= 11 is 0. The van der Waals surface area contributed by atoms with Gasteiger partial charge in [0.15, 0.2) is 0 Å². The Hall–Kier alpha value is -1.06. The van der Waals surface area contributed by atoms with E-state index < -0.39 is 0 Å². The van der Waals surface area contributed by atoms with Gasteiger partial charge in [0.2, 0.25) is 11.8 Å². The summed E-state index contributed by atoms with van der Waals surface area (Å²) in [6.07, 6.45) is 3.68. The Kier molecular flexibility index (Phi) is 7.68. The lowest BCUT2D eigenvalue weighted by atomic mass is 10.2. The summed E-state index contributed by atoms with van der Waals surface area (Å²) in [5.41, 5.74) is 5.06. The fraction of sp³-hybridized carbons (Fsp3) is 0.818. The Morgan fingerprint density at radius 3 is 2.20 bits per heavy atom. The van der Waals surface area contributed by atoms with Crippen LogP contribution in [0.15, 0.2) is 0 Å². The molecule has 0 saturated heterocycles. The highest BCUT2D eigenvalue weighted by atomic mass is 16.2. The molecule has 0 aromatic rings. The molecule has 0 radical (unpaired) electrons. The lowest BCUT2D eigenvalue weighted by molar-refractivity contribution is -0.131. The van der Waals surface area contributed by atoms with E-state index in [1.165, 1.54) is 0 Å². The van der Waals surface area contributed by atoms with Crippen LogP contribution in [0, 0.1) is 0 Å². The topological polar surface area (TPSA) is 63.4 Å². The number of nitrogens with two attached hydrogens (primary N) is 1. The monoisotopic (exact) mass is 214 g/mol. The van der Waals surface area contributed by atoms with E-state index in [1.807, 2.05) is 6.92 Å². The van der Waals surface area contributed by atoms with Crippen molar-refractivity contribution in [2.75, 3.05) is 13.1 Å². The molecule has 0 aromatic heterocycles. The van der Waals surface area contributed by atoms with Crippen LogP contribution in [0.4, 0.5) is 0 Å². The van der Waals surface area contributed by atoms with Crippen LogP contribution in [0.2, 0.25) is 0 Å². The second-order valence-corrected chi connectivity index (χ2v) is 3.70. The van der Waals surface area contributed by atoms with Gasteiger partial charge in [-0.05, 0) is 12.8 Å². The third-order valence-corrected chi connectivity index (χ3v) is 2.22. The van der Waals surface area contributed by atoms with Crippen molar-refractivity contribution < 1.29 is 9.59 Å². The zero-order chi connectivity index (χ0) is 11.7. The molecule has 2 amide bonds. The van der Waals surface area contributed by atoms with Gasteiger partial charge < -0.3 is 10.6 Å². The molecule has 88 valence electrons. The number of hydrogen-bond donors (Lipinski definition) is 1. The molecule has 0 saturated carbocycles. The number of hydrogen-bond acceptors (Lipinski definition) is 2. The predicted molar refractivity (Wildman–Crippen MR) is 60.2 cm³/mol. The molecule has 0 aromatic carbocycles. The predicted octanol–water partition coefficient (Wildman–Crippen LogP) is 1.29. The maximum absolute atomic E-state index is 11.7. The Balaban J connectivity index is 4.00. The van der Waals surface area contributed by atoms with Crippen molar-refractivity contribution in [1.82, 2.24) is 4.90 Å². The molecule has 0 atom stereocenters. The zero-order valence-corrected chi connectivity index (χ0v) is 9.79. The van der Waals surface area contributed by atoms with Gasteiger partial charge in [-0.3, -0.25) is 9.59 Å². The summed E-state index contributed by atoms with van der Waals surface area (Å²) in [4.78, 5) is 24.0. The summed E-state index contributed by atoms with van der Waals surface area (Å²) in [6.45, 7) is 5.26. The van der Waals surface area contributed by atoms with Crippen molar-refractivity contribution in [3.05, 3.63) is 0 Å². The number of primary amides is 1. The molecule has 0 aliphatic carbocycles. The summed E-state index contributed by atoms with van der Waals surface area (Å²) in [6, 6.07) is 0. The van der Waals surface area contributed by atoms with Gasteiger partial charge in [0.25, 0.3) is 0 Å². The first-order valence-corrected chi connectivity index (χ1v) is 5.67. The highest BCUT2D eigenvalue weighted by Crippen LogP contribution is 2.02. The van der Waals surface area contributed by atoms with Gasteiger partial charge in [-0.2, -0.15) is 0 Å². The van der Waals surface area contributed by atoms with E-state index >= 15 is 0 Å². The van der Waals surface area contributed by atoms with E-state index in [0.29, 0.717) is 13.0 Å². The summed E-state index contributed by atoms with van der Waals surface area (Å²) in [5, 5.41) is 0. The third kappa shape index (κ3) is 6.94. The van der Waals surface area contributed by atoms with Crippen LogP contribution in [0.25, 0.3) is 0 Å². The van der Waals surface area contributed by atoms with Crippen molar-refractivity contribution in [3.63, 3.8) is 0 Å². The van der Waals surface area contributed by atoms with Gasteiger partial charge in [0, 0.05) is 25.9 Å². The van der Waals surface area contributed by atoms with Crippen molar-refractivity contribution in [1.29, 1.82) is 0 Å². The fourth-order valence-corrected chi connectivity index (χ4v) is 1.36. The number of carbonyl (C=O) groups is 2. The Morgan fingerprint density at radius 1 is 1.07 bits per heavy atom. The van der Waals surface area contributed by atoms with Gasteiger partial charge in [-0.15, -0.1) is 0 Å². The van der Waals surface area contributed by atoms with Gasteiger partial charge in [-0.1, -0.05) is 20.3 Å². The number of carbonyl (C=O) groups excluding carboxylic acids is 2. The molecular formula is C11H22N2O2. The fourth-order valence-electron chi connectivity index (χ4n) is 1.36. The van der Waals surface area contributed by atoms with Crippen molar-refractivity contribution >= 4 is 11.8 Å². The lowest BCUT2D eigenvalue weighted by Crippen LogP contribution is -2.34. The highest BCUT2D eigenvalue weighted by molar-refractivity contribution is 5.78. The molecule has 0 rings (SSSR count). The van der Waals surface area contributed by atoms with Crippen LogP contribution >= 0.6 is 0 Å². The van der Waals surface area contributed by atoms with E-state index in [4.69, 9.17) is 5.73 Å². The molecule has 0 fully saturated rings. The maximum atomic E-state index is 11.7. The summed E-state index contributed by atoms with van der Waals surface area (Å²) in [7, 11) is 0. The van der Waals surface area contributed by atoms with Crippen molar-refractivity contribution in [2.45, 2.75) is 46.0 Å². The minimum atomic E-state index is -0.348. The normalized spacial score (nSPS) is 10.0. The van der Waals surface area contributed by atoms with E-state index in [2.05, 4.69) is 6.92 Å². The summed E-state index contributed by atoms with van der Waals surface area (Å²) < 4.78 is 0. The molecule has 0 spiro atoms. The first-order valence-electron chi connectivity index (χ1n) is 5.67. The molecular weight excluding hydrogens is 192 g/mol. The van der Waals surface area contributed by atoms with E-state index in [1.54, 1.807) is 4.90 Å². The molecule has 4 nitrogen and oxygen atoms in total. The van der Waals surface area contributed by atoms with Gasteiger partial charge >= 0.3 is 0 Å². The first-order chi connectivity index (χ1) is 7.11. The van der Waals surface area contributed by atoms with Gasteiger partial charge in [-0.25, -0.2) is 0 Å². The average molecular weight is 214 g/mol. The molecule has 15 heavy (non-hydrogen) atoms. The van der Waals surface area contributed by atoms with Crippen LogP contribution < -0.4 is 5.73 Å². The lowest BCUT2D eigenvalue weighted by Gasteiger charge is -2.21. The molecule has 4 heteroatoms. The smallest absolute Gasteiger partial charge is 0.222 e. The third-order valence-electron chi connectivity index (χ3n) is 2.22. The SMILES string of the molecule is CCCCC(=O)N(CCC)CCC(N)=O. The van der Waals surface area contributed by atoms with Gasteiger partial charge in [0.05, 0.1) is 0 Å². The standard InChI is InChI=1S/C11H22N2O2/c1-3-5-6-11(15)13(8-4-2)9-7-10(12)14/h3-9H2,1-2H3,(H2,12,14). The maximum Gasteiger partial charge on any atom is 0.222 e. The van der Waals surface area contributed by atoms with E-state index in [9.17, 15) is 9.59 Å². The summed E-state index contributed by atoms with van der Waals surface area (Å²) in [5.74, 6) is -0.209. The molecule has 0 bridgehead atoms. The largest absolute Gasteiger partial charge is 0.370 e. The second kappa shape index (κ2) is 8.26. The molecule has 0 heterocycles. The molecule has 2 N–H and O–H groups in total. The Bertz CT molecular complexity index is 205. The van der Waals surface area contributed by atoms with Crippen LogP contribution in [-0.2, 0) is 9.59 Å². The molecule has 0 aliphatic rings. The Morgan fingerprint density at radius 2 is 1.73 bits per heavy atom. The van der Waals surface area contributed by atoms with Crippen molar-refractivity contribution in [3.8, 4) is 0 Å². The van der Waals surface area contributed by atoms with Crippen LogP contribution in [-0.4, -0.2) is 29.8 Å². The van der Waals surface area contributed by atoms with Crippen LogP contribution in [0.5, 0.6) is 0 Å².